The molecular formula is C23H19BrN2O2. The first-order chi connectivity index (χ1) is 13.7. The van der Waals surface area contributed by atoms with Gasteiger partial charge in [-0.2, -0.15) is 0 Å². The van der Waals surface area contributed by atoms with E-state index in [1.807, 2.05) is 47.4 Å². The third kappa shape index (κ3) is 2.96. The normalized spacial score (nSPS) is 13.7. The molecule has 2 heterocycles. The molecule has 3 aromatic carbocycles. The number of aromatic amines is 1. The highest BCUT2D eigenvalue weighted by atomic mass is 79.9. The molecule has 1 amide bonds. The number of benzene rings is 3. The van der Waals surface area contributed by atoms with Crippen molar-refractivity contribution in [2.24, 2.45) is 0 Å². The van der Waals surface area contributed by atoms with Crippen LogP contribution in [0, 0.1) is 0 Å². The van der Waals surface area contributed by atoms with Gasteiger partial charge in [0, 0.05) is 41.7 Å². The number of fused-ring (bicyclic) bond motifs is 4. The first kappa shape index (κ1) is 17.3. The van der Waals surface area contributed by atoms with E-state index in [1.165, 1.54) is 16.6 Å². The molecule has 0 atom stereocenters. The van der Waals surface area contributed by atoms with Crippen LogP contribution in [0.4, 0.5) is 0 Å². The molecule has 0 spiro atoms. The number of ether oxygens (including phenoxy) is 1. The van der Waals surface area contributed by atoms with Crippen molar-refractivity contribution in [2.45, 2.75) is 13.0 Å². The molecule has 1 N–H and O–H groups in total. The van der Waals surface area contributed by atoms with Crippen LogP contribution in [0.25, 0.3) is 21.7 Å². The topological polar surface area (TPSA) is 45.3 Å². The third-order valence-electron chi connectivity index (χ3n) is 5.41. The number of rotatable bonds is 3. The van der Waals surface area contributed by atoms with Crippen molar-refractivity contribution in [1.82, 2.24) is 9.88 Å². The van der Waals surface area contributed by atoms with Crippen LogP contribution in [0.2, 0.25) is 0 Å². The van der Waals surface area contributed by atoms with Crippen molar-refractivity contribution in [3.8, 4) is 5.75 Å². The van der Waals surface area contributed by atoms with Crippen LogP contribution in [0.3, 0.4) is 0 Å². The van der Waals surface area contributed by atoms with E-state index in [0.29, 0.717) is 18.8 Å². The van der Waals surface area contributed by atoms with Gasteiger partial charge in [0.15, 0.2) is 6.61 Å². The van der Waals surface area contributed by atoms with Gasteiger partial charge in [0.1, 0.15) is 5.75 Å². The van der Waals surface area contributed by atoms with Crippen LogP contribution in [0.15, 0.2) is 65.1 Å². The first-order valence-electron chi connectivity index (χ1n) is 9.37. The third-order valence-corrected chi connectivity index (χ3v) is 6.23. The van der Waals surface area contributed by atoms with E-state index in [2.05, 4.69) is 39.1 Å². The molecule has 5 heteroatoms. The van der Waals surface area contributed by atoms with Gasteiger partial charge in [0.25, 0.3) is 5.91 Å². The summed E-state index contributed by atoms with van der Waals surface area (Å²) in [6.45, 7) is 1.37. The number of aromatic nitrogens is 1. The van der Waals surface area contributed by atoms with Gasteiger partial charge in [0.2, 0.25) is 0 Å². The Balaban J connectivity index is 1.32. The van der Waals surface area contributed by atoms with Crippen molar-refractivity contribution in [1.29, 1.82) is 0 Å². The Morgan fingerprint density at radius 3 is 2.71 bits per heavy atom. The van der Waals surface area contributed by atoms with Gasteiger partial charge in [-0.25, -0.2) is 0 Å². The summed E-state index contributed by atoms with van der Waals surface area (Å²) in [5, 5.41) is 3.41. The highest BCUT2D eigenvalue weighted by Gasteiger charge is 2.24. The predicted octanol–water partition coefficient (Wildman–Crippen LogP) is 5.05. The summed E-state index contributed by atoms with van der Waals surface area (Å²) >= 11 is 3.62. The average Bonchev–Trinajstić information content (AvgIpc) is 3.11. The Labute approximate surface area is 171 Å². The molecule has 4 nitrogen and oxygen atoms in total. The summed E-state index contributed by atoms with van der Waals surface area (Å²) in [5.41, 5.74) is 3.60. The minimum Gasteiger partial charge on any atom is -0.483 e. The fourth-order valence-corrected chi connectivity index (χ4v) is 4.54. The van der Waals surface area contributed by atoms with Crippen molar-refractivity contribution in [3.05, 3.63) is 76.4 Å². The average molecular weight is 435 g/mol. The Kier molecular flexibility index (Phi) is 4.32. The van der Waals surface area contributed by atoms with Crippen LogP contribution in [0.1, 0.15) is 11.3 Å². The Hall–Kier alpha value is -2.79. The number of hydrogen-bond acceptors (Lipinski definition) is 2. The van der Waals surface area contributed by atoms with Crippen LogP contribution >= 0.6 is 15.9 Å². The Bertz CT molecular complexity index is 1200. The number of nitrogens with zero attached hydrogens (tertiary/aromatic N) is 1. The number of para-hydroxylation sites is 1. The van der Waals surface area contributed by atoms with Crippen molar-refractivity contribution < 1.29 is 9.53 Å². The van der Waals surface area contributed by atoms with Crippen molar-refractivity contribution in [3.63, 3.8) is 0 Å². The van der Waals surface area contributed by atoms with E-state index in [4.69, 9.17) is 4.74 Å². The van der Waals surface area contributed by atoms with Gasteiger partial charge in [-0.1, -0.05) is 48.5 Å². The number of H-pyrrole nitrogens is 1. The molecule has 0 aliphatic carbocycles. The molecule has 1 aliphatic heterocycles. The molecule has 0 unspecified atom stereocenters. The van der Waals surface area contributed by atoms with E-state index in [0.717, 1.165) is 27.2 Å². The van der Waals surface area contributed by atoms with Crippen molar-refractivity contribution >= 4 is 43.5 Å². The second-order valence-electron chi connectivity index (χ2n) is 7.08. The summed E-state index contributed by atoms with van der Waals surface area (Å²) in [6.07, 6.45) is 0.843. The quantitative estimate of drug-likeness (QED) is 0.490. The molecule has 1 aliphatic rings. The molecular weight excluding hydrogens is 416 g/mol. The maximum Gasteiger partial charge on any atom is 0.260 e. The minimum absolute atomic E-state index is 0.0102. The SMILES string of the molecule is O=C(COc1ccc2ccccc2c1Br)N1CCc2[nH]c3ccccc3c2C1. The molecule has 4 aromatic rings. The number of hydrogen-bond donors (Lipinski definition) is 1. The molecule has 0 saturated heterocycles. The molecule has 0 bridgehead atoms. The van der Waals surface area contributed by atoms with Crippen LogP contribution in [-0.4, -0.2) is 28.9 Å². The standard InChI is InChI=1S/C23H19BrN2O2/c24-23-16-6-2-1-5-15(16)9-10-21(23)28-14-22(27)26-12-11-20-18(13-26)17-7-3-4-8-19(17)25-20/h1-10,25H,11-14H2. The molecule has 0 radical (unpaired) electrons. The molecule has 28 heavy (non-hydrogen) atoms. The Morgan fingerprint density at radius 2 is 1.82 bits per heavy atom. The summed E-state index contributed by atoms with van der Waals surface area (Å²) in [5.74, 6) is 0.702. The number of carbonyl (C=O) groups excluding carboxylic acids is 1. The van der Waals surface area contributed by atoms with E-state index in [-0.39, 0.29) is 12.5 Å². The summed E-state index contributed by atoms with van der Waals surface area (Å²) in [7, 11) is 0. The molecule has 5 rings (SSSR count). The maximum atomic E-state index is 12.8. The van der Waals surface area contributed by atoms with E-state index in [9.17, 15) is 4.79 Å². The largest absolute Gasteiger partial charge is 0.483 e. The zero-order valence-electron chi connectivity index (χ0n) is 15.2. The van der Waals surface area contributed by atoms with Gasteiger partial charge in [0.05, 0.1) is 4.47 Å². The number of carbonyl (C=O) groups is 1. The zero-order valence-corrected chi connectivity index (χ0v) is 16.8. The number of amides is 1. The van der Waals surface area contributed by atoms with E-state index in [1.54, 1.807) is 0 Å². The monoisotopic (exact) mass is 434 g/mol. The molecule has 0 saturated carbocycles. The zero-order chi connectivity index (χ0) is 19.1. The fourth-order valence-electron chi connectivity index (χ4n) is 3.94. The Morgan fingerprint density at radius 1 is 1.04 bits per heavy atom. The van der Waals surface area contributed by atoms with Gasteiger partial charge in [-0.15, -0.1) is 0 Å². The van der Waals surface area contributed by atoms with Gasteiger partial charge in [-0.05, 0) is 38.8 Å². The van der Waals surface area contributed by atoms with Crippen molar-refractivity contribution in [2.75, 3.05) is 13.2 Å². The molecule has 0 fully saturated rings. The van der Waals surface area contributed by atoms with Gasteiger partial charge in [-0.3, -0.25) is 4.79 Å². The van der Waals surface area contributed by atoms with Crippen LogP contribution in [-0.2, 0) is 17.8 Å². The molecule has 140 valence electrons. The van der Waals surface area contributed by atoms with E-state index >= 15 is 0 Å². The van der Waals surface area contributed by atoms with Crippen LogP contribution in [0.5, 0.6) is 5.75 Å². The highest BCUT2D eigenvalue weighted by Crippen LogP contribution is 2.33. The lowest BCUT2D eigenvalue weighted by atomic mass is 10.0. The summed E-state index contributed by atoms with van der Waals surface area (Å²) in [4.78, 5) is 18.2. The number of nitrogens with one attached hydrogen (secondary N) is 1. The first-order valence-corrected chi connectivity index (χ1v) is 10.2. The van der Waals surface area contributed by atoms with Gasteiger partial charge >= 0.3 is 0 Å². The second-order valence-corrected chi connectivity index (χ2v) is 7.87. The number of halogens is 1. The van der Waals surface area contributed by atoms with E-state index < -0.39 is 0 Å². The van der Waals surface area contributed by atoms with Gasteiger partial charge < -0.3 is 14.6 Å². The summed E-state index contributed by atoms with van der Waals surface area (Å²) in [6, 6.07) is 20.3. The summed E-state index contributed by atoms with van der Waals surface area (Å²) < 4.78 is 6.76. The molecule has 1 aromatic heterocycles. The fraction of sp³-hybridized carbons (Fsp3) is 0.174. The lowest BCUT2D eigenvalue weighted by Gasteiger charge is -2.27. The smallest absolute Gasteiger partial charge is 0.260 e. The minimum atomic E-state index is 0.0102. The lowest BCUT2D eigenvalue weighted by molar-refractivity contribution is -0.134. The maximum absolute atomic E-state index is 12.8. The highest BCUT2D eigenvalue weighted by molar-refractivity contribution is 9.10. The second kappa shape index (κ2) is 6.99. The predicted molar refractivity (Wildman–Crippen MR) is 115 cm³/mol. The lowest BCUT2D eigenvalue weighted by Crippen LogP contribution is -2.38. The van der Waals surface area contributed by atoms with Crippen LogP contribution < -0.4 is 4.74 Å².